The third-order valence-electron chi connectivity index (χ3n) is 2.39. The van der Waals surface area contributed by atoms with Crippen molar-refractivity contribution in [2.75, 3.05) is 0 Å². The molecule has 92 valence electrons. The van der Waals surface area contributed by atoms with E-state index in [1.54, 1.807) is 25.1 Å². The number of nitrogens with zero attached hydrogens (tertiary/aromatic N) is 1. The van der Waals surface area contributed by atoms with E-state index < -0.39 is 14.8 Å². The number of fused-ring (bicyclic) bond motifs is 1. The van der Waals surface area contributed by atoms with E-state index in [0.29, 0.717) is 23.2 Å². The number of benzene rings is 1. The van der Waals surface area contributed by atoms with E-state index >= 15 is 0 Å². The maximum Gasteiger partial charge on any atom is 0.419 e. The van der Waals surface area contributed by atoms with Gasteiger partial charge in [-0.1, -0.05) is 6.07 Å². The highest BCUT2D eigenvalue weighted by atomic mass is 35.7. The molecule has 2 rings (SSSR count). The third-order valence-corrected chi connectivity index (χ3v) is 3.39. The first-order chi connectivity index (χ1) is 7.90. The van der Waals surface area contributed by atoms with E-state index in [1.165, 1.54) is 4.57 Å². The van der Waals surface area contributed by atoms with Crippen LogP contribution < -0.4 is 5.76 Å². The summed E-state index contributed by atoms with van der Waals surface area (Å²) < 4.78 is 28.4. The van der Waals surface area contributed by atoms with Crippen molar-refractivity contribution in [3.63, 3.8) is 0 Å². The Bertz CT molecular complexity index is 713. The largest absolute Gasteiger partial charge is 0.419 e. The van der Waals surface area contributed by atoms with Gasteiger partial charge in [-0.2, -0.15) is 0 Å². The second-order valence-corrected chi connectivity index (χ2v) is 6.37. The molecule has 0 bridgehead atoms. The average Bonchev–Trinajstić information content (AvgIpc) is 2.50. The van der Waals surface area contributed by atoms with Crippen molar-refractivity contribution in [1.29, 1.82) is 0 Å². The van der Waals surface area contributed by atoms with Gasteiger partial charge in [-0.25, -0.2) is 13.2 Å². The van der Waals surface area contributed by atoms with Crippen LogP contribution in [-0.2, 0) is 21.3 Å². The lowest BCUT2D eigenvalue weighted by Gasteiger charge is -2.00. The summed E-state index contributed by atoms with van der Waals surface area (Å²) in [4.78, 5) is 11.4. The van der Waals surface area contributed by atoms with Gasteiger partial charge in [0.25, 0.3) is 0 Å². The minimum atomic E-state index is -3.60. The van der Waals surface area contributed by atoms with Crippen molar-refractivity contribution < 1.29 is 12.8 Å². The normalized spacial score (nSPS) is 12.1. The fraction of sp³-hybridized carbons (Fsp3) is 0.300. The highest BCUT2D eigenvalue weighted by Gasteiger charge is 2.11. The zero-order valence-electron chi connectivity index (χ0n) is 9.01. The SMILES string of the molecule is CCn1c(=O)oc2ccc(CS(=O)(=O)Cl)cc21. The summed E-state index contributed by atoms with van der Waals surface area (Å²) in [5.74, 6) is -0.721. The van der Waals surface area contributed by atoms with Crippen LogP contribution in [0.3, 0.4) is 0 Å². The predicted octanol–water partition coefficient (Wildman–Crippen LogP) is 1.68. The molecule has 0 saturated carbocycles. The van der Waals surface area contributed by atoms with Crippen molar-refractivity contribution >= 4 is 30.8 Å². The van der Waals surface area contributed by atoms with Gasteiger partial charge in [0.2, 0.25) is 9.05 Å². The molecule has 0 saturated heterocycles. The van der Waals surface area contributed by atoms with Gasteiger partial charge in [-0.3, -0.25) is 4.57 Å². The quantitative estimate of drug-likeness (QED) is 0.799. The molecule has 1 heterocycles. The maximum absolute atomic E-state index is 11.4. The summed E-state index contributed by atoms with van der Waals surface area (Å²) in [7, 11) is 1.57. The molecule has 7 heteroatoms. The molecule has 1 aromatic heterocycles. The molecule has 0 atom stereocenters. The van der Waals surface area contributed by atoms with Gasteiger partial charge in [-0.05, 0) is 24.6 Å². The van der Waals surface area contributed by atoms with Crippen LogP contribution in [0.5, 0.6) is 0 Å². The molecule has 0 aliphatic heterocycles. The van der Waals surface area contributed by atoms with E-state index in [2.05, 4.69) is 0 Å². The lowest BCUT2D eigenvalue weighted by Crippen LogP contribution is -2.12. The topological polar surface area (TPSA) is 69.3 Å². The fourth-order valence-electron chi connectivity index (χ4n) is 1.70. The monoisotopic (exact) mass is 275 g/mol. The zero-order chi connectivity index (χ0) is 12.6. The van der Waals surface area contributed by atoms with Crippen LogP contribution in [0.25, 0.3) is 11.1 Å². The second kappa shape index (κ2) is 4.19. The first kappa shape index (κ1) is 12.2. The summed E-state index contributed by atoms with van der Waals surface area (Å²) in [5.41, 5.74) is 1.54. The Labute approximate surface area is 102 Å². The summed E-state index contributed by atoms with van der Waals surface area (Å²) in [6, 6.07) is 4.75. The van der Waals surface area contributed by atoms with E-state index in [9.17, 15) is 13.2 Å². The third kappa shape index (κ3) is 2.53. The molecule has 0 unspecified atom stereocenters. The van der Waals surface area contributed by atoms with Crippen LogP contribution in [0.1, 0.15) is 12.5 Å². The molecular weight excluding hydrogens is 266 g/mol. The van der Waals surface area contributed by atoms with Crippen molar-refractivity contribution in [1.82, 2.24) is 4.57 Å². The molecular formula is C10H10ClNO4S. The summed E-state index contributed by atoms with van der Waals surface area (Å²) in [5, 5.41) is 0. The van der Waals surface area contributed by atoms with E-state index in [4.69, 9.17) is 15.1 Å². The minimum Gasteiger partial charge on any atom is -0.408 e. The molecule has 0 fully saturated rings. The molecule has 0 spiro atoms. The van der Waals surface area contributed by atoms with Crippen LogP contribution in [0.2, 0.25) is 0 Å². The Morgan fingerprint density at radius 3 is 2.71 bits per heavy atom. The molecule has 2 aromatic rings. The summed E-state index contributed by atoms with van der Waals surface area (Å²) in [6.45, 7) is 2.27. The minimum absolute atomic E-state index is 0.270. The predicted molar refractivity (Wildman–Crippen MR) is 64.6 cm³/mol. The Hall–Kier alpha value is -1.27. The maximum atomic E-state index is 11.4. The van der Waals surface area contributed by atoms with E-state index in [1.807, 2.05) is 0 Å². The average molecular weight is 276 g/mol. The highest BCUT2D eigenvalue weighted by Crippen LogP contribution is 2.17. The van der Waals surface area contributed by atoms with Gasteiger partial charge in [0, 0.05) is 17.2 Å². The number of oxazole rings is 1. The first-order valence-electron chi connectivity index (χ1n) is 4.95. The molecule has 0 radical (unpaired) electrons. The van der Waals surface area contributed by atoms with Crippen LogP contribution in [0, 0.1) is 0 Å². The van der Waals surface area contributed by atoms with Crippen molar-refractivity contribution in [3.8, 4) is 0 Å². The Morgan fingerprint density at radius 1 is 1.41 bits per heavy atom. The fourth-order valence-corrected chi connectivity index (χ4v) is 2.65. The number of rotatable bonds is 3. The van der Waals surface area contributed by atoms with Gasteiger partial charge < -0.3 is 4.42 Å². The van der Waals surface area contributed by atoms with Gasteiger partial charge in [0.1, 0.15) is 0 Å². The molecule has 17 heavy (non-hydrogen) atoms. The number of hydrogen-bond acceptors (Lipinski definition) is 4. The van der Waals surface area contributed by atoms with E-state index in [-0.39, 0.29) is 5.75 Å². The first-order valence-corrected chi connectivity index (χ1v) is 7.43. The lowest BCUT2D eigenvalue weighted by molar-refractivity contribution is 0.513. The van der Waals surface area contributed by atoms with E-state index in [0.717, 1.165) is 0 Å². The Balaban J connectivity index is 2.60. The zero-order valence-corrected chi connectivity index (χ0v) is 10.6. The molecule has 1 aromatic carbocycles. The van der Waals surface area contributed by atoms with Crippen LogP contribution in [0.4, 0.5) is 0 Å². The lowest BCUT2D eigenvalue weighted by atomic mass is 10.2. The second-order valence-electron chi connectivity index (χ2n) is 3.60. The van der Waals surface area contributed by atoms with Gasteiger partial charge in [-0.15, -0.1) is 0 Å². The Kier molecular flexibility index (Phi) is 3.01. The van der Waals surface area contributed by atoms with Crippen molar-refractivity contribution in [2.24, 2.45) is 0 Å². The van der Waals surface area contributed by atoms with Crippen LogP contribution in [-0.4, -0.2) is 13.0 Å². The number of halogens is 1. The van der Waals surface area contributed by atoms with Gasteiger partial charge >= 0.3 is 5.76 Å². The highest BCUT2D eigenvalue weighted by molar-refractivity contribution is 8.13. The van der Waals surface area contributed by atoms with Gasteiger partial charge in [0.15, 0.2) is 5.58 Å². The van der Waals surface area contributed by atoms with Crippen molar-refractivity contribution in [2.45, 2.75) is 19.2 Å². The smallest absolute Gasteiger partial charge is 0.408 e. The van der Waals surface area contributed by atoms with Crippen molar-refractivity contribution in [3.05, 3.63) is 34.3 Å². The molecule has 5 nitrogen and oxygen atoms in total. The summed E-state index contributed by atoms with van der Waals surface area (Å²) in [6.07, 6.45) is 0. The summed E-state index contributed by atoms with van der Waals surface area (Å²) >= 11 is 0. The van der Waals surface area contributed by atoms with Gasteiger partial charge in [0.05, 0.1) is 11.3 Å². The van der Waals surface area contributed by atoms with Crippen LogP contribution >= 0.6 is 10.7 Å². The molecule has 0 amide bonds. The molecule has 0 aliphatic rings. The molecule has 0 N–H and O–H groups in total. The number of aromatic nitrogens is 1. The number of hydrogen-bond donors (Lipinski definition) is 0. The standard InChI is InChI=1S/C10H10ClNO4S/c1-2-12-8-5-7(6-17(11,14)15)3-4-9(8)16-10(12)13/h3-5H,2,6H2,1H3. The number of aryl methyl sites for hydroxylation is 1. The Morgan fingerprint density at radius 2 is 2.12 bits per heavy atom. The van der Waals surface area contributed by atoms with Crippen LogP contribution in [0.15, 0.2) is 27.4 Å². The molecule has 0 aliphatic carbocycles.